The molecule has 98 valence electrons. The number of ether oxygens (including phenoxy) is 1. The molecule has 0 aromatic carbocycles. The van der Waals surface area contributed by atoms with E-state index in [1.165, 1.54) is 32.1 Å². The summed E-state index contributed by atoms with van der Waals surface area (Å²) in [6, 6.07) is 0. The molecule has 6 atom stereocenters. The van der Waals surface area contributed by atoms with Crippen molar-refractivity contribution >= 4 is 5.97 Å². The van der Waals surface area contributed by atoms with Crippen LogP contribution in [0.1, 0.15) is 46.0 Å². The Balaban J connectivity index is 1.59. The van der Waals surface area contributed by atoms with Gasteiger partial charge in [-0.2, -0.15) is 0 Å². The van der Waals surface area contributed by atoms with Crippen LogP contribution in [-0.4, -0.2) is 12.1 Å². The van der Waals surface area contributed by atoms with Gasteiger partial charge in [0.15, 0.2) is 0 Å². The topological polar surface area (TPSA) is 26.3 Å². The highest BCUT2D eigenvalue weighted by Gasteiger charge is 2.81. The molecule has 6 unspecified atom stereocenters. The Kier molecular flexibility index (Phi) is 1.86. The Morgan fingerprint density at radius 3 is 2.67 bits per heavy atom. The van der Waals surface area contributed by atoms with Crippen LogP contribution in [-0.2, 0) is 9.53 Å². The Morgan fingerprint density at radius 2 is 2.06 bits per heavy atom. The van der Waals surface area contributed by atoms with Crippen LogP contribution in [0.3, 0.4) is 0 Å². The smallest absolute Gasteiger partial charge is 0.333 e. The highest BCUT2D eigenvalue weighted by atomic mass is 16.5. The summed E-state index contributed by atoms with van der Waals surface area (Å²) in [5.74, 6) is 2.64. The molecule has 0 aromatic rings. The summed E-state index contributed by atoms with van der Waals surface area (Å²) in [6.45, 7) is 7.55. The van der Waals surface area contributed by atoms with Crippen LogP contribution < -0.4 is 0 Å². The standard InChI is InChI=1S/C16H22O2/c1-9(2)14(17)18-10(3)15-6-11-4-12-5-13(8-15)16(12,15)7-11/h10-13H,1,4-8H2,2-3H3. The molecule has 0 saturated heterocycles. The van der Waals surface area contributed by atoms with E-state index < -0.39 is 0 Å². The van der Waals surface area contributed by atoms with E-state index in [0.29, 0.717) is 16.4 Å². The molecular formula is C16H22O2. The third kappa shape index (κ3) is 0.938. The first-order valence-electron chi connectivity index (χ1n) is 7.36. The maximum atomic E-state index is 11.8. The predicted octanol–water partition coefficient (Wildman–Crippen LogP) is 3.32. The number of rotatable bonds is 3. The van der Waals surface area contributed by atoms with E-state index >= 15 is 0 Å². The molecule has 1 spiro atoms. The van der Waals surface area contributed by atoms with Crippen LogP contribution in [0.5, 0.6) is 0 Å². The maximum Gasteiger partial charge on any atom is 0.333 e. The van der Waals surface area contributed by atoms with Crippen LogP contribution in [0.15, 0.2) is 12.2 Å². The molecule has 4 rings (SSSR count). The van der Waals surface area contributed by atoms with Crippen molar-refractivity contribution in [2.75, 3.05) is 0 Å². The molecule has 0 radical (unpaired) electrons. The lowest BCUT2D eigenvalue weighted by Crippen LogP contribution is -2.70. The Bertz CT molecular complexity index is 454. The summed E-state index contributed by atoms with van der Waals surface area (Å²) in [4.78, 5) is 11.8. The summed E-state index contributed by atoms with van der Waals surface area (Å²) >= 11 is 0. The van der Waals surface area contributed by atoms with Crippen molar-refractivity contribution in [3.63, 3.8) is 0 Å². The van der Waals surface area contributed by atoms with Gasteiger partial charge in [-0.15, -0.1) is 0 Å². The van der Waals surface area contributed by atoms with Gasteiger partial charge in [-0.05, 0) is 69.1 Å². The van der Waals surface area contributed by atoms with Gasteiger partial charge >= 0.3 is 5.97 Å². The summed E-state index contributed by atoms with van der Waals surface area (Å²) in [7, 11) is 0. The molecule has 0 N–H and O–H groups in total. The third-order valence-electron chi connectivity index (χ3n) is 6.87. The summed E-state index contributed by atoms with van der Waals surface area (Å²) in [5.41, 5.74) is 1.46. The molecule has 0 heterocycles. The minimum absolute atomic E-state index is 0.0889. The van der Waals surface area contributed by atoms with Gasteiger partial charge < -0.3 is 4.74 Å². The molecule has 4 aliphatic rings. The Morgan fingerprint density at radius 1 is 1.28 bits per heavy atom. The quantitative estimate of drug-likeness (QED) is 0.564. The summed E-state index contributed by atoms with van der Waals surface area (Å²) in [6.07, 6.45) is 7.05. The molecule has 0 aromatic heterocycles. The summed E-state index contributed by atoms with van der Waals surface area (Å²) in [5, 5.41) is 0. The van der Waals surface area contributed by atoms with Gasteiger partial charge in [-0.1, -0.05) is 6.58 Å². The molecule has 0 aliphatic heterocycles. The SMILES string of the molecule is C=C(C)C(=O)OC(C)C12CC3CC4CC(C1)C42C3. The first kappa shape index (κ1) is 11.1. The van der Waals surface area contributed by atoms with Gasteiger partial charge in [0.25, 0.3) is 0 Å². The molecule has 2 nitrogen and oxygen atoms in total. The monoisotopic (exact) mass is 246 g/mol. The largest absolute Gasteiger partial charge is 0.459 e. The minimum Gasteiger partial charge on any atom is -0.459 e. The second kappa shape index (κ2) is 3.02. The van der Waals surface area contributed by atoms with E-state index in [9.17, 15) is 4.79 Å². The van der Waals surface area contributed by atoms with Crippen LogP contribution in [0.25, 0.3) is 0 Å². The second-order valence-electron chi connectivity index (χ2n) is 7.37. The van der Waals surface area contributed by atoms with E-state index in [2.05, 4.69) is 13.5 Å². The molecule has 2 heteroatoms. The molecule has 2 bridgehead atoms. The van der Waals surface area contributed by atoms with Crippen LogP contribution in [0.4, 0.5) is 0 Å². The number of esters is 1. The van der Waals surface area contributed by atoms with E-state index in [1.807, 2.05) is 0 Å². The zero-order chi connectivity index (χ0) is 12.7. The van der Waals surface area contributed by atoms with Crippen LogP contribution in [0, 0.1) is 28.6 Å². The number of carbonyl (C=O) groups excluding carboxylic acids is 1. The molecule has 4 aliphatic carbocycles. The zero-order valence-corrected chi connectivity index (χ0v) is 11.4. The van der Waals surface area contributed by atoms with Crippen molar-refractivity contribution in [1.29, 1.82) is 0 Å². The number of carbonyl (C=O) groups is 1. The van der Waals surface area contributed by atoms with Crippen molar-refractivity contribution in [3.05, 3.63) is 12.2 Å². The fraction of sp³-hybridized carbons (Fsp3) is 0.812. The van der Waals surface area contributed by atoms with Crippen LogP contribution >= 0.6 is 0 Å². The highest BCUT2D eigenvalue weighted by molar-refractivity contribution is 5.87. The number of hydrogen-bond donors (Lipinski definition) is 0. The van der Waals surface area contributed by atoms with E-state index in [1.54, 1.807) is 6.92 Å². The van der Waals surface area contributed by atoms with Gasteiger partial charge in [0.05, 0.1) is 0 Å². The number of hydrogen-bond acceptors (Lipinski definition) is 2. The van der Waals surface area contributed by atoms with Crippen molar-refractivity contribution in [2.45, 2.75) is 52.1 Å². The van der Waals surface area contributed by atoms with E-state index in [-0.39, 0.29) is 12.1 Å². The first-order valence-corrected chi connectivity index (χ1v) is 7.36. The summed E-state index contributed by atoms with van der Waals surface area (Å²) < 4.78 is 5.70. The average molecular weight is 246 g/mol. The molecule has 4 saturated carbocycles. The maximum absolute atomic E-state index is 11.8. The minimum atomic E-state index is -0.199. The lowest BCUT2D eigenvalue weighted by atomic mass is 9.31. The van der Waals surface area contributed by atoms with Crippen molar-refractivity contribution in [2.24, 2.45) is 28.6 Å². The number of fused-ring (bicyclic) bond motifs is 1. The third-order valence-corrected chi connectivity index (χ3v) is 6.87. The fourth-order valence-corrected chi connectivity index (χ4v) is 6.35. The van der Waals surface area contributed by atoms with Gasteiger partial charge in [-0.3, -0.25) is 0 Å². The molecule has 0 amide bonds. The highest BCUT2D eigenvalue weighted by Crippen LogP contribution is 2.87. The molecular weight excluding hydrogens is 224 g/mol. The van der Waals surface area contributed by atoms with Gasteiger partial charge in [0.1, 0.15) is 6.10 Å². The normalized spacial score (nSPS) is 52.0. The predicted molar refractivity (Wildman–Crippen MR) is 68.8 cm³/mol. The van der Waals surface area contributed by atoms with Crippen molar-refractivity contribution in [1.82, 2.24) is 0 Å². The molecule has 4 fully saturated rings. The van der Waals surface area contributed by atoms with Gasteiger partial charge in [0, 0.05) is 11.0 Å². The molecule has 18 heavy (non-hydrogen) atoms. The second-order valence-corrected chi connectivity index (χ2v) is 7.37. The Labute approximate surface area is 109 Å². The zero-order valence-electron chi connectivity index (χ0n) is 11.4. The fourth-order valence-electron chi connectivity index (χ4n) is 6.35. The van der Waals surface area contributed by atoms with E-state index in [0.717, 1.165) is 17.8 Å². The van der Waals surface area contributed by atoms with Gasteiger partial charge in [0.2, 0.25) is 0 Å². The van der Waals surface area contributed by atoms with Crippen molar-refractivity contribution < 1.29 is 9.53 Å². The van der Waals surface area contributed by atoms with Crippen LogP contribution in [0.2, 0.25) is 0 Å². The lowest BCUT2D eigenvalue weighted by molar-refractivity contribution is -0.280. The van der Waals surface area contributed by atoms with Gasteiger partial charge in [-0.25, -0.2) is 4.79 Å². The average Bonchev–Trinajstić information content (AvgIpc) is 2.75. The van der Waals surface area contributed by atoms with Crippen molar-refractivity contribution in [3.8, 4) is 0 Å². The first-order chi connectivity index (χ1) is 8.49. The Hall–Kier alpha value is -0.790. The van der Waals surface area contributed by atoms with E-state index in [4.69, 9.17) is 4.74 Å². The lowest BCUT2D eigenvalue weighted by Gasteiger charge is -2.74.